The van der Waals surface area contributed by atoms with Crippen molar-refractivity contribution in [3.8, 4) is 11.6 Å². The van der Waals surface area contributed by atoms with Gasteiger partial charge < -0.3 is 9.47 Å². The minimum atomic E-state index is 0.530. The fraction of sp³-hybridized carbons (Fsp3) is 0.0909. The van der Waals surface area contributed by atoms with E-state index in [0.717, 1.165) is 10.9 Å². The maximum atomic E-state index is 5.05. The van der Waals surface area contributed by atoms with E-state index in [2.05, 4.69) is 12.1 Å². The molecule has 2 rings (SSSR count). The highest BCUT2D eigenvalue weighted by Crippen LogP contribution is 2.27. The molecule has 1 aromatic heterocycles. The van der Waals surface area contributed by atoms with Gasteiger partial charge in [0.1, 0.15) is 12.9 Å². The average Bonchev–Trinajstić information content (AvgIpc) is 2.27. The zero-order valence-corrected chi connectivity index (χ0v) is 7.86. The molecule has 0 spiro atoms. The van der Waals surface area contributed by atoms with Crippen molar-refractivity contribution in [2.24, 2.45) is 0 Å². The van der Waals surface area contributed by atoms with E-state index in [0.29, 0.717) is 11.6 Å². The molecule has 0 saturated heterocycles. The second-order valence-electron chi connectivity index (χ2n) is 2.82. The van der Waals surface area contributed by atoms with Crippen LogP contribution in [-0.4, -0.2) is 12.1 Å². The predicted octanol–water partition coefficient (Wildman–Crippen LogP) is 2.41. The first-order valence-corrected chi connectivity index (χ1v) is 4.21. The first-order valence-electron chi connectivity index (χ1n) is 4.21. The molecule has 0 N–H and O–H groups in total. The molecule has 1 aromatic carbocycles. The van der Waals surface area contributed by atoms with Crippen molar-refractivity contribution < 1.29 is 9.47 Å². The van der Waals surface area contributed by atoms with E-state index in [-0.39, 0.29) is 0 Å². The lowest BCUT2D eigenvalue weighted by molar-refractivity contribution is 0.394. The van der Waals surface area contributed by atoms with Gasteiger partial charge in [-0.05, 0) is 12.1 Å². The van der Waals surface area contributed by atoms with Crippen LogP contribution in [0.2, 0.25) is 0 Å². The lowest BCUT2D eigenvalue weighted by Crippen LogP contribution is -1.90. The van der Waals surface area contributed by atoms with Crippen molar-refractivity contribution in [3.05, 3.63) is 37.4 Å². The number of ether oxygens (including phenoxy) is 2. The molecule has 3 nitrogen and oxygen atoms in total. The first-order chi connectivity index (χ1) is 6.85. The summed E-state index contributed by atoms with van der Waals surface area (Å²) >= 11 is 0. The van der Waals surface area contributed by atoms with Crippen LogP contribution < -0.4 is 9.47 Å². The van der Waals surface area contributed by atoms with Crippen LogP contribution in [0.4, 0.5) is 0 Å². The van der Waals surface area contributed by atoms with Gasteiger partial charge >= 0.3 is 0 Å². The van der Waals surface area contributed by atoms with E-state index in [1.54, 1.807) is 13.2 Å². The normalized spacial score (nSPS) is 10.1. The number of aromatic nitrogens is 1. The monoisotopic (exact) mass is 188 g/mol. The zero-order chi connectivity index (χ0) is 9.97. The highest BCUT2D eigenvalue weighted by atomic mass is 16.5. The summed E-state index contributed by atoms with van der Waals surface area (Å²) in [6.07, 6.45) is 0. The number of para-hydroxylation sites is 1. The van der Waals surface area contributed by atoms with Crippen molar-refractivity contribution in [3.63, 3.8) is 0 Å². The van der Waals surface area contributed by atoms with E-state index in [1.807, 2.05) is 24.3 Å². The number of hydrogen-bond acceptors (Lipinski definition) is 3. The fourth-order valence-electron chi connectivity index (χ4n) is 1.34. The number of benzene rings is 1. The molecule has 0 aliphatic carbocycles. The number of rotatable bonds is 2. The molecule has 0 unspecified atom stereocenters. The third-order valence-corrected chi connectivity index (χ3v) is 2.02. The van der Waals surface area contributed by atoms with Crippen molar-refractivity contribution in [1.82, 2.24) is 4.98 Å². The highest BCUT2D eigenvalue weighted by Gasteiger charge is 2.04. The molecule has 0 fully saturated rings. The van der Waals surface area contributed by atoms with Crippen LogP contribution in [-0.2, 0) is 0 Å². The Labute approximate surface area is 82.3 Å². The molecular weight excluding hydrogens is 178 g/mol. The third-order valence-electron chi connectivity index (χ3n) is 2.02. The number of methoxy groups -OCH3 is 1. The van der Waals surface area contributed by atoms with Crippen LogP contribution in [0.25, 0.3) is 10.9 Å². The Balaban J connectivity index is 2.73. The standard InChI is InChI=1S/C11H10NO2/c1-13-10-7-11(14-2)12-9-6-4-3-5-8(9)10/h3-7H,1H2,2H3. The van der Waals surface area contributed by atoms with E-state index in [4.69, 9.17) is 9.47 Å². The summed E-state index contributed by atoms with van der Waals surface area (Å²) < 4.78 is 10.0. The molecule has 0 aliphatic rings. The fourth-order valence-corrected chi connectivity index (χ4v) is 1.34. The van der Waals surface area contributed by atoms with Crippen molar-refractivity contribution >= 4 is 10.9 Å². The predicted molar refractivity (Wildman–Crippen MR) is 54.3 cm³/mol. The van der Waals surface area contributed by atoms with E-state index >= 15 is 0 Å². The zero-order valence-electron chi connectivity index (χ0n) is 7.86. The summed E-state index contributed by atoms with van der Waals surface area (Å²) in [5.41, 5.74) is 0.838. The maximum absolute atomic E-state index is 5.05. The Morgan fingerprint density at radius 1 is 1.29 bits per heavy atom. The van der Waals surface area contributed by atoms with Gasteiger partial charge in [-0.1, -0.05) is 12.1 Å². The largest absolute Gasteiger partial charge is 0.489 e. The Morgan fingerprint density at radius 2 is 2.07 bits per heavy atom. The van der Waals surface area contributed by atoms with Gasteiger partial charge in [-0.25, -0.2) is 4.98 Å². The summed E-state index contributed by atoms with van der Waals surface area (Å²) in [6, 6.07) is 9.40. The first kappa shape index (κ1) is 8.81. The van der Waals surface area contributed by atoms with E-state index < -0.39 is 0 Å². The van der Waals surface area contributed by atoms with Crippen LogP contribution in [0, 0.1) is 7.11 Å². The maximum Gasteiger partial charge on any atom is 0.217 e. The van der Waals surface area contributed by atoms with Crippen LogP contribution in [0.5, 0.6) is 11.6 Å². The smallest absolute Gasteiger partial charge is 0.217 e. The molecule has 71 valence electrons. The van der Waals surface area contributed by atoms with Gasteiger partial charge in [0, 0.05) is 11.5 Å². The van der Waals surface area contributed by atoms with Gasteiger partial charge in [-0.3, -0.25) is 0 Å². The average molecular weight is 188 g/mol. The van der Waals surface area contributed by atoms with Gasteiger partial charge in [-0.2, -0.15) is 0 Å². The summed E-state index contributed by atoms with van der Waals surface area (Å²) in [4.78, 5) is 4.27. The van der Waals surface area contributed by atoms with Crippen LogP contribution in [0.3, 0.4) is 0 Å². The minimum Gasteiger partial charge on any atom is -0.489 e. The Bertz CT molecular complexity index is 454. The van der Waals surface area contributed by atoms with Gasteiger partial charge in [0.2, 0.25) is 5.88 Å². The summed E-state index contributed by atoms with van der Waals surface area (Å²) in [5.74, 6) is 1.20. The van der Waals surface area contributed by atoms with Crippen molar-refractivity contribution in [2.75, 3.05) is 7.11 Å². The minimum absolute atomic E-state index is 0.530. The second kappa shape index (κ2) is 3.54. The molecule has 14 heavy (non-hydrogen) atoms. The summed E-state index contributed by atoms with van der Waals surface area (Å²) in [7, 11) is 4.97. The Hall–Kier alpha value is -1.77. The van der Waals surface area contributed by atoms with Crippen molar-refractivity contribution in [1.29, 1.82) is 0 Å². The van der Waals surface area contributed by atoms with Crippen LogP contribution in [0.15, 0.2) is 30.3 Å². The van der Waals surface area contributed by atoms with Gasteiger partial charge in [-0.15, -0.1) is 0 Å². The van der Waals surface area contributed by atoms with Gasteiger partial charge in [0.15, 0.2) is 0 Å². The Kier molecular flexibility index (Phi) is 2.23. The molecule has 3 heteroatoms. The summed E-state index contributed by atoms with van der Waals surface area (Å²) in [6.45, 7) is 0. The van der Waals surface area contributed by atoms with Gasteiger partial charge in [0.25, 0.3) is 0 Å². The third kappa shape index (κ3) is 1.37. The molecule has 1 radical (unpaired) electrons. The molecule has 0 bridgehead atoms. The number of fused-ring (bicyclic) bond motifs is 1. The van der Waals surface area contributed by atoms with Crippen LogP contribution >= 0.6 is 0 Å². The molecular formula is C11H10NO2. The van der Waals surface area contributed by atoms with Crippen LogP contribution in [0.1, 0.15) is 0 Å². The lowest BCUT2D eigenvalue weighted by Gasteiger charge is -2.06. The molecule has 0 saturated carbocycles. The summed E-state index contributed by atoms with van der Waals surface area (Å²) in [5, 5.41) is 0.934. The Morgan fingerprint density at radius 3 is 2.79 bits per heavy atom. The SMILES string of the molecule is [CH2]Oc1cc(OC)nc2ccccc12. The number of hydrogen-bond donors (Lipinski definition) is 0. The lowest BCUT2D eigenvalue weighted by atomic mass is 10.2. The van der Waals surface area contributed by atoms with Gasteiger partial charge in [0.05, 0.1) is 12.6 Å². The van der Waals surface area contributed by atoms with E-state index in [9.17, 15) is 0 Å². The molecule has 0 atom stereocenters. The highest BCUT2D eigenvalue weighted by molar-refractivity contribution is 5.85. The van der Waals surface area contributed by atoms with Crippen molar-refractivity contribution in [2.45, 2.75) is 0 Å². The number of pyridine rings is 1. The molecule has 0 aliphatic heterocycles. The molecule has 0 amide bonds. The second-order valence-corrected chi connectivity index (χ2v) is 2.82. The topological polar surface area (TPSA) is 31.4 Å². The van der Waals surface area contributed by atoms with E-state index in [1.165, 1.54) is 0 Å². The molecule has 2 aromatic rings. The number of nitrogens with zero attached hydrogens (tertiary/aromatic N) is 1. The molecule has 1 heterocycles. The quantitative estimate of drug-likeness (QED) is 0.725.